The molecule has 1 aromatic carbocycles. The third-order valence-electron chi connectivity index (χ3n) is 2.38. The van der Waals surface area contributed by atoms with Gasteiger partial charge in [0.15, 0.2) is 5.82 Å². The van der Waals surface area contributed by atoms with E-state index in [1.807, 2.05) is 0 Å². The predicted octanol–water partition coefficient (Wildman–Crippen LogP) is 4.36. The Bertz CT molecular complexity index is 629. The fourth-order valence-electron chi connectivity index (χ4n) is 1.41. The minimum absolute atomic E-state index is 0.310. The second kappa shape index (κ2) is 5.99. The summed E-state index contributed by atoms with van der Waals surface area (Å²) in [6.45, 7) is 1.76. The van der Waals surface area contributed by atoms with E-state index in [-0.39, 0.29) is 5.82 Å². The number of nitrogens with zero attached hydrogens (tertiary/aromatic N) is 2. The summed E-state index contributed by atoms with van der Waals surface area (Å²) in [6.07, 6.45) is 1.46. The van der Waals surface area contributed by atoms with Crippen LogP contribution in [0.3, 0.4) is 0 Å². The van der Waals surface area contributed by atoms with Gasteiger partial charge in [-0.2, -0.15) is 5.10 Å². The van der Waals surface area contributed by atoms with Crippen molar-refractivity contribution in [1.82, 2.24) is 4.98 Å². The van der Waals surface area contributed by atoms with Crippen molar-refractivity contribution in [1.29, 1.82) is 0 Å². The minimum atomic E-state index is -0.310. The maximum absolute atomic E-state index is 13.1. The number of anilines is 1. The summed E-state index contributed by atoms with van der Waals surface area (Å²) in [4.78, 5) is 4.00. The highest BCUT2D eigenvalue weighted by Gasteiger charge is 2.03. The van der Waals surface area contributed by atoms with E-state index in [2.05, 4.69) is 15.5 Å². The maximum Gasteiger partial charge on any atom is 0.165 e. The van der Waals surface area contributed by atoms with Crippen LogP contribution in [0.1, 0.15) is 12.5 Å². The maximum atomic E-state index is 13.1. The van der Waals surface area contributed by atoms with Gasteiger partial charge in [0, 0.05) is 11.8 Å². The molecule has 0 saturated heterocycles. The number of halogens is 3. The van der Waals surface area contributed by atoms with Gasteiger partial charge in [-0.25, -0.2) is 9.37 Å². The Kier molecular flexibility index (Phi) is 4.35. The van der Waals surface area contributed by atoms with E-state index >= 15 is 0 Å². The number of aromatic nitrogens is 1. The molecule has 19 heavy (non-hydrogen) atoms. The number of hydrogen-bond acceptors (Lipinski definition) is 3. The highest BCUT2D eigenvalue weighted by molar-refractivity contribution is 6.35. The third kappa shape index (κ3) is 3.66. The quantitative estimate of drug-likeness (QED) is 0.675. The summed E-state index contributed by atoms with van der Waals surface area (Å²) >= 11 is 11.7. The fourth-order valence-corrected chi connectivity index (χ4v) is 1.83. The van der Waals surface area contributed by atoms with Crippen molar-refractivity contribution in [3.05, 3.63) is 58.0 Å². The van der Waals surface area contributed by atoms with Gasteiger partial charge in [0.2, 0.25) is 0 Å². The van der Waals surface area contributed by atoms with Crippen molar-refractivity contribution >= 4 is 34.7 Å². The minimum Gasteiger partial charge on any atom is -0.260 e. The summed E-state index contributed by atoms with van der Waals surface area (Å²) in [5, 5.41) is 4.92. The van der Waals surface area contributed by atoms with Crippen molar-refractivity contribution < 1.29 is 4.39 Å². The largest absolute Gasteiger partial charge is 0.260 e. The molecule has 1 aromatic heterocycles. The predicted molar refractivity (Wildman–Crippen MR) is 76.5 cm³/mol. The van der Waals surface area contributed by atoms with E-state index in [4.69, 9.17) is 23.2 Å². The molecule has 1 N–H and O–H groups in total. The molecule has 0 amide bonds. The third-order valence-corrected chi connectivity index (χ3v) is 2.87. The molecule has 0 bridgehead atoms. The van der Waals surface area contributed by atoms with Crippen LogP contribution in [0.4, 0.5) is 10.2 Å². The Morgan fingerprint density at radius 2 is 2.11 bits per heavy atom. The number of rotatable bonds is 3. The second-order valence-corrected chi connectivity index (χ2v) is 4.65. The van der Waals surface area contributed by atoms with E-state index < -0.39 is 0 Å². The Balaban J connectivity index is 2.18. The second-order valence-electron chi connectivity index (χ2n) is 3.80. The van der Waals surface area contributed by atoms with Crippen LogP contribution in [0.2, 0.25) is 10.0 Å². The van der Waals surface area contributed by atoms with Crippen molar-refractivity contribution in [2.45, 2.75) is 6.92 Å². The number of hydrazone groups is 1. The Hall–Kier alpha value is -1.65. The zero-order valence-corrected chi connectivity index (χ0v) is 11.5. The average Bonchev–Trinajstić information content (AvgIpc) is 2.37. The molecular formula is C13H10Cl2FN3. The van der Waals surface area contributed by atoms with Gasteiger partial charge in [0.05, 0.1) is 15.8 Å². The summed E-state index contributed by atoms with van der Waals surface area (Å²) in [6, 6.07) is 7.72. The van der Waals surface area contributed by atoms with Gasteiger partial charge in [0.1, 0.15) is 5.82 Å². The van der Waals surface area contributed by atoms with Gasteiger partial charge >= 0.3 is 0 Å². The molecule has 0 aliphatic rings. The van der Waals surface area contributed by atoms with Crippen LogP contribution in [0.25, 0.3) is 0 Å². The van der Waals surface area contributed by atoms with Gasteiger partial charge in [-0.05, 0) is 25.1 Å². The van der Waals surface area contributed by atoms with Crippen molar-refractivity contribution in [3.8, 4) is 0 Å². The van der Waals surface area contributed by atoms with Crippen LogP contribution in [-0.4, -0.2) is 10.7 Å². The molecule has 2 aromatic rings. The van der Waals surface area contributed by atoms with E-state index in [1.54, 1.807) is 25.1 Å². The smallest absolute Gasteiger partial charge is 0.165 e. The zero-order chi connectivity index (χ0) is 13.8. The van der Waals surface area contributed by atoms with Crippen LogP contribution in [0.15, 0.2) is 41.6 Å². The van der Waals surface area contributed by atoms with E-state index in [1.165, 1.54) is 18.3 Å². The monoisotopic (exact) mass is 297 g/mol. The van der Waals surface area contributed by atoms with Gasteiger partial charge in [0.25, 0.3) is 0 Å². The van der Waals surface area contributed by atoms with Gasteiger partial charge in [-0.1, -0.05) is 35.3 Å². The molecule has 98 valence electrons. The van der Waals surface area contributed by atoms with Crippen molar-refractivity contribution in [2.24, 2.45) is 5.10 Å². The molecule has 0 unspecified atom stereocenters. The van der Waals surface area contributed by atoms with Crippen molar-refractivity contribution in [3.63, 3.8) is 0 Å². The Morgan fingerprint density at radius 1 is 1.32 bits per heavy atom. The molecule has 6 heteroatoms. The van der Waals surface area contributed by atoms with Gasteiger partial charge in [-0.15, -0.1) is 0 Å². The molecule has 0 spiro atoms. The number of benzene rings is 1. The number of hydrogen-bond donors (Lipinski definition) is 1. The molecule has 2 rings (SSSR count). The first-order valence-electron chi connectivity index (χ1n) is 5.43. The average molecular weight is 298 g/mol. The van der Waals surface area contributed by atoms with Gasteiger partial charge < -0.3 is 0 Å². The first-order chi connectivity index (χ1) is 9.06. The summed E-state index contributed by atoms with van der Waals surface area (Å²) < 4.78 is 13.1. The van der Waals surface area contributed by atoms with Crippen LogP contribution in [0, 0.1) is 5.82 Å². The van der Waals surface area contributed by atoms with Crippen LogP contribution in [0.5, 0.6) is 0 Å². The lowest BCUT2D eigenvalue weighted by molar-refractivity contribution is 0.627. The molecule has 0 aliphatic heterocycles. The van der Waals surface area contributed by atoms with Crippen LogP contribution >= 0.6 is 23.2 Å². The zero-order valence-electron chi connectivity index (χ0n) is 9.99. The first-order valence-corrected chi connectivity index (χ1v) is 6.19. The lowest BCUT2D eigenvalue weighted by atomic mass is 10.1. The lowest BCUT2D eigenvalue weighted by Crippen LogP contribution is -2.01. The first kappa shape index (κ1) is 13.8. The summed E-state index contributed by atoms with van der Waals surface area (Å²) in [5.41, 5.74) is 4.02. The van der Waals surface area contributed by atoms with E-state index in [9.17, 15) is 4.39 Å². The molecule has 0 atom stereocenters. The highest BCUT2D eigenvalue weighted by Crippen LogP contribution is 2.22. The Labute approximate surface area is 120 Å². The standard InChI is InChI=1S/C13H10Cl2FN3/c1-8(9-3-2-4-11(16)5-9)18-19-13-12(15)6-10(14)7-17-13/h2-7H,1H3,(H,17,19)/b18-8+. The molecule has 0 aliphatic carbocycles. The molecule has 0 fully saturated rings. The number of pyridine rings is 1. The summed E-state index contributed by atoms with van der Waals surface area (Å²) in [5.74, 6) is 0.0801. The lowest BCUT2D eigenvalue weighted by Gasteiger charge is -2.05. The van der Waals surface area contributed by atoms with Crippen LogP contribution < -0.4 is 5.43 Å². The molecule has 3 nitrogen and oxygen atoms in total. The van der Waals surface area contributed by atoms with E-state index in [0.717, 1.165) is 0 Å². The molecule has 0 radical (unpaired) electrons. The molecule has 1 heterocycles. The topological polar surface area (TPSA) is 37.3 Å². The number of nitrogens with one attached hydrogen (secondary N) is 1. The van der Waals surface area contributed by atoms with Crippen LogP contribution in [-0.2, 0) is 0 Å². The fraction of sp³-hybridized carbons (Fsp3) is 0.0769. The SMILES string of the molecule is C/C(=N\Nc1ncc(Cl)cc1Cl)c1cccc(F)c1. The Morgan fingerprint density at radius 3 is 2.79 bits per heavy atom. The van der Waals surface area contributed by atoms with E-state index in [0.29, 0.717) is 27.1 Å². The summed E-state index contributed by atoms with van der Waals surface area (Å²) in [7, 11) is 0. The highest BCUT2D eigenvalue weighted by atomic mass is 35.5. The molecule has 0 saturated carbocycles. The normalized spacial score (nSPS) is 11.5. The molecular weight excluding hydrogens is 288 g/mol. The van der Waals surface area contributed by atoms with Gasteiger partial charge in [-0.3, -0.25) is 5.43 Å². The van der Waals surface area contributed by atoms with Crippen molar-refractivity contribution in [2.75, 3.05) is 5.43 Å².